The SMILES string of the molecule is CSCCC(=O)Nc1ccc(S(=O)(=O)N2CCCCC2)cc1. The number of carbonyl (C=O) groups excluding carboxylic acids is 1. The lowest BCUT2D eigenvalue weighted by atomic mass is 10.2. The Kier molecular flexibility index (Phi) is 6.28. The number of thioether (sulfide) groups is 1. The van der Waals surface area contributed by atoms with Crippen LogP contribution in [0.15, 0.2) is 29.2 Å². The Morgan fingerprint density at radius 3 is 2.41 bits per heavy atom. The summed E-state index contributed by atoms with van der Waals surface area (Å²) in [5.74, 6) is 0.716. The predicted molar refractivity (Wildman–Crippen MR) is 90.7 cm³/mol. The quantitative estimate of drug-likeness (QED) is 0.863. The number of sulfonamides is 1. The Balaban J connectivity index is 2.03. The monoisotopic (exact) mass is 342 g/mol. The molecule has 0 saturated carbocycles. The number of rotatable bonds is 6. The molecule has 7 heteroatoms. The smallest absolute Gasteiger partial charge is 0.243 e. The molecule has 0 aromatic heterocycles. The van der Waals surface area contributed by atoms with E-state index in [1.165, 1.54) is 0 Å². The summed E-state index contributed by atoms with van der Waals surface area (Å²) in [5.41, 5.74) is 0.628. The maximum atomic E-state index is 12.5. The van der Waals surface area contributed by atoms with Gasteiger partial charge < -0.3 is 5.32 Å². The van der Waals surface area contributed by atoms with Crippen LogP contribution in [0, 0.1) is 0 Å². The van der Waals surface area contributed by atoms with E-state index in [0.717, 1.165) is 25.0 Å². The van der Waals surface area contributed by atoms with E-state index < -0.39 is 10.0 Å². The third-order valence-electron chi connectivity index (χ3n) is 3.62. The molecule has 1 aromatic rings. The van der Waals surface area contributed by atoms with Crippen LogP contribution in [-0.2, 0) is 14.8 Å². The van der Waals surface area contributed by atoms with Gasteiger partial charge in [-0.25, -0.2) is 8.42 Å². The average Bonchev–Trinajstić information content (AvgIpc) is 2.54. The van der Waals surface area contributed by atoms with Gasteiger partial charge in [-0.15, -0.1) is 0 Å². The number of nitrogens with one attached hydrogen (secondary N) is 1. The van der Waals surface area contributed by atoms with Crippen molar-refractivity contribution < 1.29 is 13.2 Å². The fourth-order valence-corrected chi connectivity index (χ4v) is 4.29. The third-order valence-corrected chi connectivity index (χ3v) is 6.15. The van der Waals surface area contributed by atoms with Gasteiger partial charge in [0.1, 0.15) is 0 Å². The molecule has 5 nitrogen and oxygen atoms in total. The highest BCUT2D eigenvalue weighted by molar-refractivity contribution is 7.98. The van der Waals surface area contributed by atoms with Crippen molar-refractivity contribution in [3.8, 4) is 0 Å². The zero-order chi connectivity index (χ0) is 16.0. The van der Waals surface area contributed by atoms with Crippen LogP contribution in [0.4, 0.5) is 5.69 Å². The van der Waals surface area contributed by atoms with Crippen LogP contribution in [-0.4, -0.2) is 43.7 Å². The Labute approximate surface area is 136 Å². The van der Waals surface area contributed by atoms with E-state index in [4.69, 9.17) is 0 Å². The second-order valence-corrected chi connectivity index (χ2v) is 8.20. The molecular weight excluding hydrogens is 320 g/mol. The van der Waals surface area contributed by atoms with Gasteiger partial charge in [-0.1, -0.05) is 6.42 Å². The number of hydrogen-bond acceptors (Lipinski definition) is 4. The largest absolute Gasteiger partial charge is 0.326 e. The number of carbonyl (C=O) groups is 1. The minimum absolute atomic E-state index is 0.0546. The maximum absolute atomic E-state index is 12.5. The van der Waals surface area contributed by atoms with Crippen molar-refractivity contribution in [2.45, 2.75) is 30.6 Å². The molecule has 0 atom stereocenters. The van der Waals surface area contributed by atoms with E-state index in [9.17, 15) is 13.2 Å². The lowest BCUT2D eigenvalue weighted by Crippen LogP contribution is -2.35. The number of anilines is 1. The summed E-state index contributed by atoms with van der Waals surface area (Å²) in [6.45, 7) is 1.19. The maximum Gasteiger partial charge on any atom is 0.243 e. The van der Waals surface area contributed by atoms with Crippen molar-refractivity contribution in [1.82, 2.24) is 4.31 Å². The van der Waals surface area contributed by atoms with Gasteiger partial charge in [0.05, 0.1) is 4.90 Å². The van der Waals surface area contributed by atoms with Gasteiger partial charge in [-0.3, -0.25) is 4.79 Å². The molecule has 0 spiro atoms. The molecule has 1 saturated heterocycles. The zero-order valence-electron chi connectivity index (χ0n) is 12.7. The van der Waals surface area contributed by atoms with E-state index in [1.807, 2.05) is 6.26 Å². The molecule has 1 aliphatic rings. The van der Waals surface area contributed by atoms with Crippen LogP contribution < -0.4 is 5.32 Å². The second kappa shape index (κ2) is 7.99. The Bertz CT molecular complexity index is 594. The first-order chi connectivity index (χ1) is 10.5. The molecule has 1 aliphatic heterocycles. The van der Waals surface area contributed by atoms with E-state index in [2.05, 4.69) is 5.32 Å². The molecule has 0 bridgehead atoms. The summed E-state index contributed by atoms with van der Waals surface area (Å²) in [4.78, 5) is 11.9. The van der Waals surface area contributed by atoms with Crippen LogP contribution >= 0.6 is 11.8 Å². The first kappa shape index (κ1) is 17.3. The average molecular weight is 342 g/mol. The first-order valence-electron chi connectivity index (χ1n) is 7.43. The van der Waals surface area contributed by atoms with Crippen molar-refractivity contribution in [2.24, 2.45) is 0 Å². The molecule has 1 N–H and O–H groups in total. The van der Waals surface area contributed by atoms with Crippen LogP contribution in [0.5, 0.6) is 0 Å². The van der Waals surface area contributed by atoms with Gasteiger partial charge in [0, 0.05) is 31.0 Å². The molecule has 1 fully saturated rings. The second-order valence-electron chi connectivity index (χ2n) is 5.28. The molecule has 0 unspecified atom stereocenters. The van der Waals surface area contributed by atoms with E-state index in [-0.39, 0.29) is 10.8 Å². The third kappa shape index (κ3) is 4.47. The Morgan fingerprint density at radius 2 is 1.82 bits per heavy atom. The summed E-state index contributed by atoms with van der Waals surface area (Å²) in [7, 11) is -3.40. The fraction of sp³-hybridized carbons (Fsp3) is 0.533. The highest BCUT2D eigenvalue weighted by atomic mass is 32.2. The van der Waals surface area contributed by atoms with E-state index in [1.54, 1.807) is 40.3 Å². The molecule has 0 radical (unpaired) electrons. The Morgan fingerprint density at radius 1 is 1.18 bits per heavy atom. The highest BCUT2D eigenvalue weighted by Gasteiger charge is 2.25. The van der Waals surface area contributed by atoms with Crippen molar-refractivity contribution in [3.05, 3.63) is 24.3 Å². The number of piperidine rings is 1. The standard InChI is InChI=1S/C15H22N2O3S2/c1-21-12-9-15(18)16-13-5-7-14(8-6-13)22(19,20)17-10-3-2-4-11-17/h5-8H,2-4,9-12H2,1H3,(H,16,18). The fourth-order valence-electron chi connectivity index (χ4n) is 2.38. The van der Waals surface area contributed by atoms with Crippen LogP contribution in [0.2, 0.25) is 0 Å². The van der Waals surface area contributed by atoms with Gasteiger partial charge in [-0.05, 0) is 43.4 Å². The van der Waals surface area contributed by atoms with Gasteiger partial charge in [0.2, 0.25) is 15.9 Å². The van der Waals surface area contributed by atoms with Crippen molar-refractivity contribution in [3.63, 3.8) is 0 Å². The molecule has 1 aromatic carbocycles. The Hall–Kier alpha value is -1.05. The van der Waals surface area contributed by atoms with Gasteiger partial charge >= 0.3 is 0 Å². The summed E-state index contributed by atoms with van der Waals surface area (Å²) < 4.78 is 26.5. The molecule has 122 valence electrons. The number of nitrogens with zero attached hydrogens (tertiary/aromatic N) is 1. The van der Waals surface area contributed by atoms with Crippen molar-refractivity contribution in [1.29, 1.82) is 0 Å². The van der Waals surface area contributed by atoms with E-state index >= 15 is 0 Å². The summed E-state index contributed by atoms with van der Waals surface area (Å²) in [6, 6.07) is 6.42. The normalized spacial score (nSPS) is 16.4. The molecule has 1 amide bonds. The van der Waals surface area contributed by atoms with Gasteiger partial charge in [0.25, 0.3) is 0 Å². The summed E-state index contributed by atoms with van der Waals surface area (Å²) in [6.07, 6.45) is 5.33. The lowest BCUT2D eigenvalue weighted by Gasteiger charge is -2.25. The molecule has 2 rings (SSSR count). The molecule has 1 heterocycles. The number of benzene rings is 1. The van der Waals surface area contributed by atoms with Crippen LogP contribution in [0.3, 0.4) is 0 Å². The number of amides is 1. The molecular formula is C15H22N2O3S2. The van der Waals surface area contributed by atoms with Crippen LogP contribution in [0.1, 0.15) is 25.7 Å². The zero-order valence-corrected chi connectivity index (χ0v) is 14.4. The van der Waals surface area contributed by atoms with Gasteiger partial charge in [-0.2, -0.15) is 16.1 Å². The summed E-state index contributed by atoms with van der Waals surface area (Å²) >= 11 is 1.62. The minimum atomic E-state index is -3.40. The van der Waals surface area contributed by atoms with Crippen molar-refractivity contribution in [2.75, 3.05) is 30.4 Å². The highest BCUT2D eigenvalue weighted by Crippen LogP contribution is 2.22. The summed E-state index contributed by atoms with van der Waals surface area (Å²) in [5, 5.41) is 2.77. The number of hydrogen-bond donors (Lipinski definition) is 1. The van der Waals surface area contributed by atoms with Gasteiger partial charge in [0.15, 0.2) is 0 Å². The molecule has 22 heavy (non-hydrogen) atoms. The van der Waals surface area contributed by atoms with Crippen LogP contribution in [0.25, 0.3) is 0 Å². The van der Waals surface area contributed by atoms with Crippen molar-refractivity contribution >= 4 is 33.4 Å². The topological polar surface area (TPSA) is 66.5 Å². The first-order valence-corrected chi connectivity index (χ1v) is 10.3. The minimum Gasteiger partial charge on any atom is -0.326 e. The van der Waals surface area contributed by atoms with E-state index in [0.29, 0.717) is 25.2 Å². The molecule has 0 aliphatic carbocycles. The predicted octanol–water partition coefficient (Wildman–Crippen LogP) is 2.55. The lowest BCUT2D eigenvalue weighted by molar-refractivity contribution is -0.115.